The molecule has 1 aromatic carbocycles. The van der Waals surface area contributed by atoms with E-state index in [-0.39, 0.29) is 18.3 Å². The van der Waals surface area contributed by atoms with E-state index in [9.17, 15) is 4.79 Å². The second kappa shape index (κ2) is 6.34. The Hall–Kier alpha value is -1.85. The van der Waals surface area contributed by atoms with Crippen LogP contribution in [0, 0.1) is 18.8 Å². The average molecular weight is 333 g/mol. The Labute approximate surface area is 141 Å². The molecule has 1 amide bonds. The topological polar surface area (TPSA) is 61.0 Å². The van der Waals surface area contributed by atoms with Gasteiger partial charge in [-0.25, -0.2) is 0 Å². The highest BCUT2D eigenvalue weighted by molar-refractivity contribution is 5.93. The van der Waals surface area contributed by atoms with E-state index in [0.717, 1.165) is 37.4 Å². The van der Waals surface area contributed by atoms with E-state index in [2.05, 4.69) is 34.6 Å². The summed E-state index contributed by atoms with van der Waals surface area (Å²) in [6.45, 7) is 5.84. The fourth-order valence-corrected chi connectivity index (χ4v) is 3.50. The third-order valence-electron chi connectivity index (χ3n) is 4.83. The Morgan fingerprint density at radius 1 is 1.17 bits per heavy atom. The number of benzene rings is 1. The van der Waals surface area contributed by atoms with Gasteiger partial charge < -0.3 is 10.2 Å². The zero-order valence-electron chi connectivity index (χ0n) is 13.1. The molecule has 3 heterocycles. The molecule has 23 heavy (non-hydrogen) atoms. The third kappa shape index (κ3) is 2.99. The second-order valence-electron chi connectivity index (χ2n) is 6.42. The van der Waals surface area contributed by atoms with Gasteiger partial charge in [0.05, 0.1) is 5.69 Å². The molecule has 2 aliphatic heterocycles. The van der Waals surface area contributed by atoms with Gasteiger partial charge in [-0.2, -0.15) is 5.10 Å². The first kappa shape index (κ1) is 16.0. The number of carbonyl (C=O) groups is 1. The summed E-state index contributed by atoms with van der Waals surface area (Å²) in [4.78, 5) is 14.6. The van der Waals surface area contributed by atoms with Crippen LogP contribution in [0.3, 0.4) is 0 Å². The molecule has 0 bridgehead atoms. The monoisotopic (exact) mass is 332 g/mol. The largest absolute Gasteiger partial charge is 0.337 e. The van der Waals surface area contributed by atoms with Gasteiger partial charge in [-0.15, -0.1) is 12.4 Å². The van der Waals surface area contributed by atoms with Gasteiger partial charge in [0, 0.05) is 31.7 Å². The van der Waals surface area contributed by atoms with E-state index < -0.39 is 0 Å². The summed E-state index contributed by atoms with van der Waals surface area (Å²) < 4.78 is 0. The number of halogens is 1. The maximum atomic E-state index is 12.6. The summed E-state index contributed by atoms with van der Waals surface area (Å²) in [5.74, 6) is 1.30. The molecule has 2 saturated heterocycles. The lowest BCUT2D eigenvalue weighted by Crippen LogP contribution is -2.32. The van der Waals surface area contributed by atoms with Gasteiger partial charge in [-0.3, -0.25) is 9.89 Å². The van der Waals surface area contributed by atoms with Gasteiger partial charge in [0.1, 0.15) is 5.69 Å². The van der Waals surface area contributed by atoms with Gasteiger partial charge in [0.15, 0.2) is 0 Å². The lowest BCUT2D eigenvalue weighted by atomic mass is 10.0. The van der Waals surface area contributed by atoms with Crippen LogP contribution < -0.4 is 5.32 Å². The van der Waals surface area contributed by atoms with Crippen molar-refractivity contribution in [1.29, 1.82) is 0 Å². The molecule has 0 unspecified atom stereocenters. The van der Waals surface area contributed by atoms with E-state index in [1.165, 1.54) is 5.56 Å². The number of likely N-dealkylation sites (tertiary alicyclic amines) is 1. The van der Waals surface area contributed by atoms with Crippen LogP contribution in [0.5, 0.6) is 0 Å². The number of fused-ring (bicyclic) bond motifs is 1. The number of nitrogens with zero attached hydrogens (tertiary/aromatic N) is 2. The number of amides is 1. The highest BCUT2D eigenvalue weighted by Crippen LogP contribution is 2.27. The summed E-state index contributed by atoms with van der Waals surface area (Å²) in [6, 6.07) is 10.0. The number of hydrogen-bond donors (Lipinski definition) is 2. The van der Waals surface area contributed by atoms with Crippen LogP contribution in [0.1, 0.15) is 16.1 Å². The van der Waals surface area contributed by atoms with Crippen molar-refractivity contribution in [2.24, 2.45) is 11.8 Å². The van der Waals surface area contributed by atoms with E-state index in [4.69, 9.17) is 0 Å². The number of aryl methyl sites for hydroxylation is 1. The van der Waals surface area contributed by atoms with Gasteiger partial charge >= 0.3 is 0 Å². The van der Waals surface area contributed by atoms with Crippen molar-refractivity contribution in [2.45, 2.75) is 6.92 Å². The van der Waals surface area contributed by atoms with Crippen molar-refractivity contribution in [3.05, 3.63) is 41.6 Å². The van der Waals surface area contributed by atoms with Crippen molar-refractivity contribution >= 4 is 18.3 Å². The zero-order chi connectivity index (χ0) is 15.1. The van der Waals surface area contributed by atoms with Crippen LogP contribution in [0.15, 0.2) is 30.3 Å². The molecule has 0 saturated carbocycles. The molecule has 0 spiro atoms. The fraction of sp³-hybridized carbons (Fsp3) is 0.412. The quantitative estimate of drug-likeness (QED) is 0.885. The lowest BCUT2D eigenvalue weighted by Gasteiger charge is -2.16. The van der Waals surface area contributed by atoms with Crippen molar-refractivity contribution in [3.8, 4) is 11.3 Å². The minimum atomic E-state index is 0. The predicted molar refractivity (Wildman–Crippen MR) is 91.8 cm³/mol. The van der Waals surface area contributed by atoms with Crippen LogP contribution in [-0.4, -0.2) is 47.2 Å². The van der Waals surface area contributed by atoms with E-state index in [1.807, 2.05) is 23.1 Å². The number of H-pyrrole nitrogens is 1. The minimum Gasteiger partial charge on any atom is -0.337 e. The number of rotatable bonds is 2. The summed E-state index contributed by atoms with van der Waals surface area (Å²) in [6.07, 6.45) is 0. The standard InChI is InChI=1S/C17H20N4O.ClH/c1-11-2-4-12(5-3-11)15-6-16(20-19-15)17(22)21-9-13-7-18-8-14(13)10-21;/h2-6,13-14,18H,7-10H2,1H3,(H,19,20);1H/t13-,14+;. The van der Waals surface area contributed by atoms with Gasteiger partial charge in [-0.05, 0) is 24.8 Å². The molecule has 2 aromatic rings. The fourth-order valence-electron chi connectivity index (χ4n) is 3.50. The maximum absolute atomic E-state index is 12.6. The Bertz CT molecular complexity index is 685. The molecule has 4 rings (SSSR count). The smallest absolute Gasteiger partial charge is 0.271 e. The summed E-state index contributed by atoms with van der Waals surface area (Å²) in [5.41, 5.74) is 3.66. The number of hydrogen-bond acceptors (Lipinski definition) is 3. The number of aromatic nitrogens is 2. The summed E-state index contributed by atoms with van der Waals surface area (Å²) >= 11 is 0. The van der Waals surface area contributed by atoms with Crippen molar-refractivity contribution < 1.29 is 4.79 Å². The Kier molecular flexibility index (Phi) is 4.41. The molecule has 0 radical (unpaired) electrons. The molecule has 5 nitrogen and oxygen atoms in total. The molecule has 2 aliphatic rings. The molecule has 1 aromatic heterocycles. The third-order valence-corrected chi connectivity index (χ3v) is 4.83. The van der Waals surface area contributed by atoms with Crippen LogP contribution in [0.25, 0.3) is 11.3 Å². The maximum Gasteiger partial charge on any atom is 0.271 e. The number of aromatic amines is 1. The highest BCUT2D eigenvalue weighted by Gasteiger charge is 2.38. The highest BCUT2D eigenvalue weighted by atomic mass is 35.5. The molecule has 2 atom stereocenters. The molecular formula is C17H21ClN4O. The first-order valence-electron chi connectivity index (χ1n) is 7.83. The van der Waals surface area contributed by atoms with Crippen molar-refractivity contribution in [2.75, 3.05) is 26.2 Å². The SMILES string of the molecule is Cc1ccc(-c2cc(C(=O)N3C[C@H]4CNC[C@H]4C3)[nH]n2)cc1.Cl. The van der Waals surface area contributed by atoms with Crippen molar-refractivity contribution in [3.63, 3.8) is 0 Å². The Balaban J connectivity index is 0.00000156. The molecule has 6 heteroatoms. The molecular weight excluding hydrogens is 312 g/mol. The molecule has 0 aliphatic carbocycles. The van der Waals surface area contributed by atoms with Gasteiger partial charge in [0.25, 0.3) is 5.91 Å². The normalized spacial score (nSPS) is 22.7. The molecule has 122 valence electrons. The number of carbonyl (C=O) groups excluding carboxylic acids is 1. The average Bonchev–Trinajstić information content (AvgIpc) is 3.22. The van der Waals surface area contributed by atoms with Crippen LogP contribution >= 0.6 is 12.4 Å². The van der Waals surface area contributed by atoms with Crippen LogP contribution in [0.4, 0.5) is 0 Å². The zero-order valence-corrected chi connectivity index (χ0v) is 13.9. The first-order valence-corrected chi connectivity index (χ1v) is 7.83. The van der Waals surface area contributed by atoms with E-state index >= 15 is 0 Å². The van der Waals surface area contributed by atoms with Crippen LogP contribution in [-0.2, 0) is 0 Å². The second-order valence-corrected chi connectivity index (χ2v) is 6.42. The van der Waals surface area contributed by atoms with Crippen LogP contribution in [0.2, 0.25) is 0 Å². The minimum absolute atomic E-state index is 0. The molecule has 2 N–H and O–H groups in total. The first-order chi connectivity index (χ1) is 10.7. The van der Waals surface area contributed by atoms with E-state index in [0.29, 0.717) is 17.5 Å². The van der Waals surface area contributed by atoms with Gasteiger partial charge in [-0.1, -0.05) is 29.8 Å². The van der Waals surface area contributed by atoms with Gasteiger partial charge in [0.2, 0.25) is 0 Å². The lowest BCUT2D eigenvalue weighted by molar-refractivity contribution is 0.0776. The predicted octanol–water partition coefficient (Wildman–Crippen LogP) is 2.10. The summed E-state index contributed by atoms with van der Waals surface area (Å²) in [7, 11) is 0. The number of nitrogens with one attached hydrogen (secondary N) is 2. The summed E-state index contributed by atoms with van der Waals surface area (Å²) in [5, 5.41) is 10.6. The van der Waals surface area contributed by atoms with E-state index in [1.54, 1.807) is 0 Å². The Morgan fingerprint density at radius 2 is 1.83 bits per heavy atom. The molecule has 2 fully saturated rings. The Morgan fingerprint density at radius 3 is 2.48 bits per heavy atom. The van der Waals surface area contributed by atoms with Crippen molar-refractivity contribution in [1.82, 2.24) is 20.4 Å².